The Morgan fingerprint density at radius 2 is 2.35 bits per heavy atom. The number of halogens is 1. The van der Waals surface area contributed by atoms with Gasteiger partial charge in [-0.15, -0.1) is 35.3 Å². The number of nitrogens with one attached hydrogen (secondary N) is 2. The third kappa shape index (κ3) is 8.31. The smallest absolute Gasteiger partial charge is 0.191 e. The first-order chi connectivity index (χ1) is 10.8. The molecule has 0 saturated heterocycles. The number of rotatable bonds is 7. The van der Waals surface area contributed by atoms with Crippen molar-refractivity contribution in [2.45, 2.75) is 47.7 Å². The first-order valence-corrected chi connectivity index (χ1v) is 11.0. The number of thioether (sulfide) groups is 2. The van der Waals surface area contributed by atoms with Crippen LogP contribution in [0.2, 0.25) is 0 Å². The molecule has 1 aromatic heterocycles. The molecule has 2 N–H and O–H groups in total. The molecule has 0 spiro atoms. The van der Waals surface area contributed by atoms with Crippen LogP contribution in [0.25, 0.3) is 0 Å². The second-order valence-electron chi connectivity index (χ2n) is 5.36. The van der Waals surface area contributed by atoms with Crippen LogP contribution < -0.4 is 10.6 Å². The standard InChI is InChI=1S/C15H26N4S3.HI/c1-16-14(19-12-5-3-6-13(11-12)20-2)17-7-4-9-21-15-18-8-10-22-15;/h8,10,12-13H,3-7,9,11H2,1-2H3,(H2,16,17,19);1H. The molecule has 1 saturated carbocycles. The molecule has 2 atom stereocenters. The number of hydrogen-bond acceptors (Lipinski definition) is 5. The monoisotopic (exact) mass is 486 g/mol. The molecule has 0 aliphatic heterocycles. The minimum Gasteiger partial charge on any atom is -0.356 e. The molecule has 2 rings (SSSR count). The SMILES string of the molecule is CN=C(NCCCSc1nccs1)NC1CCCC(SC)C1.I. The van der Waals surface area contributed by atoms with E-state index < -0.39 is 0 Å². The summed E-state index contributed by atoms with van der Waals surface area (Å²) in [6.07, 6.45) is 10.4. The first kappa shape index (κ1) is 21.4. The zero-order chi connectivity index (χ0) is 15.6. The van der Waals surface area contributed by atoms with E-state index in [-0.39, 0.29) is 24.0 Å². The van der Waals surface area contributed by atoms with Crippen molar-refractivity contribution in [2.24, 2.45) is 4.99 Å². The highest BCUT2D eigenvalue weighted by atomic mass is 127. The number of guanidine groups is 1. The Morgan fingerprint density at radius 1 is 1.48 bits per heavy atom. The molecule has 132 valence electrons. The molecule has 0 aromatic carbocycles. The fraction of sp³-hybridized carbons (Fsp3) is 0.733. The highest BCUT2D eigenvalue weighted by molar-refractivity contribution is 14.0. The lowest BCUT2D eigenvalue weighted by Crippen LogP contribution is -2.45. The molecule has 1 fully saturated rings. The highest BCUT2D eigenvalue weighted by Crippen LogP contribution is 2.26. The maximum atomic E-state index is 4.35. The molecule has 1 aromatic rings. The predicted octanol–water partition coefficient (Wildman–Crippen LogP) is 4.08. The van der Waals surface area contributed by atoms with Gasteiger partial charge in [0.25, 0.3) is 0 Å². The van der Waals surface area contributed by atoms with Crippen LogP contribution in [0.5, 0.6) is 0 Å². The molecular formula is C15H27IN4S3. The van der Waals surface area contributed by atoms with Gasteiger partial charge in [-0.1, -0.05) is 18.2 Å². The Hall–Kier alpha value is 0.330. The Bertz CT molecular complexity index is 442. The Balaban J connectivity index is 0.00000264. The largest absolute Gasteiger partial charge is 0.356 e. The summed E-state index contributed by atoms with van der Waals surface area (Å²) in [5.41, 5.74) is 0. The number of nitrogens with zero attached hydrogens (tertiary/aromatic N) is 2. The maximum Gasteiger partial charge on any atom is 0.191 e. The van der Waals surface area contributed by atoms with Crippen molar-refractivity contribution < 1.29 is 0 Å². The van der Waals surface area contributed by atoms with Crippen LogP contribution in [0.3, 0.4) is 0 Å². The Kier molecular flexibility index (Phi) is 11.8. The first-order valence-electron chi connectivity index (χ1n) is 7.84. The zero-order valence-corrected chi connectivity index (χ0v) is 18.6. The van der Waals surface area contributed by atoms with Gasteiger partial charge in [0, 0.05) is 42.2 Å². The van der Waals surface area contributed by atoms with Crippen LogP contribution in [0.4, 0.5) is 0 Å². The molecule has 8 heteroatoms. The van der Waals surface area contributed by atoms with E-state index in [9.17, 15) is 0 Å². The van der Waals surface area contributed by atoms with Crippen LogP contribution in [0.1, 0.15) is 32.1 Å². The quantitative estimate of drug-likeness (QED) is 0.200. The van der Waals surface area contributed by atoms with E-state index in [1.165, 1.54) is 25.7 Å². The van der Waals surface area contributed by atoms with Crippen LogP contribution in [0, 0.1) is 0 Å². The van der Waals surface area contributed by atoms with Crippen molar-refractivity contribution in [2.75, 3.05) is 25.6 Å². The molecule has 23 heavy (non-hydrogen) atoms. The van der Waals surface area contributed by atoms with Gasteiger partial charge in [-0.25, -0.2) is 4.98 Å². The molecule has 1 aliphatic rings. The van der Waals surface area contributed by atoms with Crippen LogP contribution in [-0.2, 0) is 0 Å². The van der Waals surface area contributed by atoms with E-state index in [0.29, 0.717) is 6.04 Å². The summed E-state index contributed by atoms with van der Waals surface area (Å²) in [6, 6.07) is 0.571. The zero-order valence-electron chi connectivity index (χ0n) is 13.8. The predicted molar refractivity (Wildman–Crippen MR) is 117 cm³/mol. The second-order valence-corrected chi connectivity index (χ2v) is 8.74. The minimum atomic E-state index is 0. The molecule has 1 aliphatic carbocycles. The van der Waals surface area contributed by atoms with Crippen LogP contribution >= 0.6 is 58.8 Å². The molecule has 0 bridgehead atoms. The normalized spacial score (nSPS) is 21.6. The lowest BCUT2D eigenvalue weighted by atomic mass is 9.95. The number of aromatic nitrogens is 1. The van der Waals surface area contributed by atoms with E-state index >= 15 is 0 Å². The summed E-state index contributed by atoms with van der Waals surface area (Å²) < 4.78 is 1.16. The lowest BCUT2D eigenvalue weighted by molar-refractivity contribution is 0.419. The summed E-state index contributed by atoms with van der Waals surface area (Å²) in [5.74, 6) is 2.04. The third-order valence-corrected chi connectivity index (χ3v) is 6.92. The topological polar surface area (TPSA) is 49.3 Å². The van der Waals surface area contributed by atoms with Gasteiger partial charge in [0.2, 0.25) is 0 Å². The van der Waals surface area contributed by atoms with Gasteiger partial charge in [0.15, 0.2) is 5.96 Å². The summed E-state index contributed by atoms with van der Waals surface area (Å²) in [4.78, 5) is 8.63. The molecule has 4 nitrogen and oxygen atoms in total. The minimum absolute atomic E-state index is 0. The van der Waals surface area contributed by atoms with E-state index in [1.807, 2.05) is 42.1 Å². The average Bonchev–Trinajstić information content (AvgIpc) is 3.07. The average molecular weight is 487 g/mol. The molecule has 0 radical (unpaired) electrons. The van der Waals surface area contributed by atoms with Gasteiger partial charge in [0.1, 0.15) is 4.34 Å². The number of thiazole rings is 1. The van der Waals surface area contributed by atoms with Gasteiger partial charge >= 0.3 is 0 Å². The van der Waals surface area contributed by atoms with E-state index in [0.717, 1.165) is 34.3 Å². The molecule has 2 unspecified atom stereocenters. The fourth-order valence-corrected chi connectivity index (χ4v) is 5.07. The van der Waals surface area contributed by atoms with Crippen molar-refractivity contribution in [3.63, 3.8) is 0 Å². The van der Waals surface area contributed by atoms with Gasteiger partial charge in [0.05, 0.1) is 0 Å². The molecular weight excluding hydrogens is 459 g/mol. The van der Waals surface area contributed by atoms with Crippen LogP contribution in [-0.4, -0.2) is 47.8 Å². The second kappa shape index (κ2) is 12.7. The molecule has 1 heterocycles. The summed E-state index contributed by atoms with van der Waals surface area (Å²) in [7, 11) is 1.86. The van der Waals surface area contributed by atoms with Crippen molar-refractivity contribution in [3.05, 3.63) is 11.6 Å². The third-order valence-electron chi connectivity index (χ3n) is 3.77. The highest BCUT2D eigenvalue weighted by Gasteiger charge is 2.21. The van der Waals surface area contributed by atoms with Gasteiger partial charge in [-0.3, -0.25) is 4.99 Å². The van der Waals surface area contributed by atoms with Crippen LogP contribution in [0.15, 0.2) is 20.9 Å². The fourth-order valence-electron chi connectivity index (χ4n) is 2.60. The van der Waals surface area contributed by atoms with E-state index in [1.54, 1.807) is 11.3 Å². The van der Waals surface area contributed by atoms with Crippen molar-refractivity contribution >= 4 is 64.8 Å². The van der Waals surface area contributed by atoms with Crippen molar-refractivity contribution in [1.29, 1.82) is 0 Å². The van der Waals surface area contributed by atoms with E-state index in [4.69, 9.17) is 0 Å². The van der Waals surface area contributed by atoms with Gasteiger partial charge in [-0.05, 0) is 31.9 Å². The van der Waals surface area contributed by atoms with Gasteiger partial charge < -0.3 is 10.6 Å². The summed E-state index contributed by atoms with van der Waals surface area (Å²) >= 11 is 5.54. The maximum absolute atomic E-state index is 4.35. The van der Waals surface area contributed by atoms with Gasteiger partial charge in [-0.2, -0.15) is 11.8 Å². The number of hydrogen-bond donors (Lipinski definition) is 2. The summed E-state index contributed by atoms with van der Waals surface area (Å²) in [5, 5.41) is 9.85. The van der Waals surface area contributed by atoms with Crippen molar-refractivity contribution in [3.8, 4) is 0 Å². The van der Waals surface area contributed by atoms with Crippen molar-refractivity contribution in [1.82, 2.24) is 15.6 Å². The summed E-state index contributed by atoms with van der Waals surface area (Å²) in [6.45, 7) is 0.955. The Labute approximate surface area is 169 Å². The van der Waals surface area contributed by atoms with E-state index in [2.05, 4.69) is 26.9 Å². The number of aliphatic imine (C=N–C) groups is 1. The lowest BCUT2D eigenvalue weighted by Gasteiger charge is -2.29. The Morgan fingerprint density at radius 3 is 3.04 bits per heavy atom. The molecule has 0 amide bonds.